The maximum atomic E-state index is 13.9. The summed E-state index contributed by atoms with van der Waals surface area (Å²) in [4.78, 5) is 18.0. The number of nitrogens with zero attached hydrogens (tertiary/aromatic N) is 1. The van der Waals surface area contributed by atoms with E-state index in [4.69, 9.17) is 27.9 Å². The van der Waals surface area contributed by atoms with Crippen LogP contribution in [-0.4, -0.2) is 17.5 Å². The van der Waals surface area contributed by atoms with E-state index in [9.17, 15) is 18.0 Å². The van der Waals surface area contributed by atoms with E-state index in [-0.39, 0.29) is 39.0 Å². The number of benzene rings is 2. The average Bonchev–Trinajstić information content (AvgIpc) is 3.23. The summed E-state index contributed by atoms with van der Waals surface area (Å²) in [7, 11) is 0. The molecule has 1 amide bonds. The lowest BCUT2D eigenvalue weighted by atomic mass is 9.98. The van der Waals surface area contributed by atoms with Crippen molar-refractivity contribution in [3.63, 3.8) is 0 Å². The van der Waals surface area contributed by atoms with Crippen molar-refractivity contribution in [3.05, 3.63) is 80.3 Å². The van der Waals surface area contributed by atoms with Gasteiger partial charge in [-0.3, -0.25) is 4.79 Å². The molecule has 1 atom stereocenters. The minimum atomic E-state index is -4.68. The van der Waals surface area contributed by atoms with Gasteiger partial charge >= 0.3 is 6.18 Å². The van der Waals surface area contributed by atoms with E-state index < -0.39 is 11.9 Å². The molecule has 0 radical (unpaired) electrons. The Morgan fingerprint density at radius 2 is 1.84 bits per heavy atom. The molecule has 0 spiro atoms. The molecular weight excluding hydrogens is 544 g/mol. The highest BCUT2D eigenvalue weighted by Gasteiger charge is 2.36. The van der Waals surface area contributed by atoms with Crippen LogP contribution in [-0.2, 0) is 6.18 Å². The van der Waals surface area contributed by atoms with Gasteiger partial charge in [0.1, 0.15) is 11.4 Å². The van der Waals surface area contributed by atoms with Gasteiger partial charge in [-0.2, -0.15) is 13.2 Å². The number of alkyl halides is 3. The first-order valence-corrected chi connectivity index (χ1v) is 13.1. The molecule has 10 heteroatoms. The molecule has 0 saturated carbocycles. The standard InChI is InChI=1S/C27H21Cl2F3N2O2S/c1-13(2)22-23-24(18(12-21(34-23)27(30,31)32)14-9-15(28)11-16(29)10-14)37-25(22)26(35)33-19-7-8-36-20-6-4-3-5-17(19)20/h3-6,9-13,19H,7-8H2,1-2H3,(H,33,35)/t19-/m0/s1. The maximum Gasteiger partial charge on any atom is 0.433 e. The number of para-hydroxylation sites is 1. The summed E-state index contributed by atoms with van der Waals surface area (Å²) < 4.78 is 47.9. The Morgan fingerprint density at radius 3 is 2.51 bits per heavy atom. The summed E-state index contributed by atoms with van der Waals surface area (Å²) in [5.74, 6) is 0.0800. The summed E-state index contributed by atoms with van der Waals surface area (Å²) in [6.07, 6.45) is -4.11. The van der Waals surface area contributed by atoms with Crippen LogP contribution in [0, 0.1) is 0 Å². The second-order valence-electron chi connectivity index (χ2n) is 9.09. The first-order chi connectivity index (χ1) is 17.5. The number of hydrogen-bond donors (Lipinski definition) is 1. The summed E-state index contributed by atoms with van der Waals surface area (Å²) >= 11 is 13.5. The van der Waals surface area contributed by atoms with Crippen molar-refractivity contribution in [2.24, 2.45) is 0 Å². The number of thiophene rings is 1. The molecule has 0 bridgehead atoms. The zero-order valence-electron chi connectivity index (χ0n) is 19.7. The van der Waals surface area contributed by atoms with E-state index in [1.165, 1.54) is 6.07 Å². The number of carbonyl (C=O) groups excluding carboxylic acids is 1. The summed E-state index contributed by atoms with van der Waals surface area (Å²) in [6, 6.07) is 12.8. The van der Waals surface area contributed by atoms with E-state index in [0.29, 0.717) is 39.5 Å². The molecule has 0 aliphatic carbocycles. The van der Waals surface area contributed by atoms with Crippen molar-refractivity contribution in [3.8, 4) is 16.9 Å². The van der Waals surface area contributed by atoms with Crippen LogP contribution in [0.4, 0.5) is 13.2 Å². The Labute approximate surface area is 225 Å². The van der Waals surface area contributed by atoms with E-state index in [2.05, 4.69) is 10.3 Å². The Morgan fingerprint density at radius 1 is 1.14 bits per heavy atom. The van der Waals surface area contributed by atoms with Gasteiger partial charge in [-0.25, -0.2) is 4.98 Å². The van der Waals surface area contributed by atoms with Gasteiger partial charge in [0.05, 0.1) is 27.7 Å². The van der Waals surface area contributed by atoms with Crippen molar-refractivity contribution in [1.82, 2.24) is 10.3 Å². The molecular formula is C27H21Cl2F3N2O2S. The lowest BCUT2D eigenvalue weighted by Gasteiger charge is -2.26. The molecule has 0 unspecified atom stereocenters. The number of halogens is 5. The normalized spacial score (nSPS) is 15.5. The van der Waals surface area contributed by atoms with Gasteiger partial charge in [0.15, 0.2) is 0 Å². The molecule has 4 nitrogen and oxygen atoms in total. The second kappa shape index (κ2) is 9.82. The predicted octanol–water partition coefficient (Wildman–Crippen LogP) is 8.67. The molecule has 1 aliphatic rings. The molecule has 1 N–H and O–H groups in total. The number of nitrogens with one attached hydrogen (secondary N) is 1. The topological polar surface area (TPSA) is 51.2 Å². The molecule has 4 aromatic rings. The number of carbonyl (C=O) groups is 1. The van der Waals surface area contributed by atoms with Gasteiger partial charge in [0.2, 0.25) is 0 Å². The average molecular weight is 565 g/mol. The number of amides is 1. The van der Waals surface area contributed by atoms with E-state index in [1.54, 1.807) is 12.1 Å². The van der Waals surface area contributed by atoms with Gasteiger partial charge in [-0.1, -0.05) is 55.2 Å². The summed E-state index contributed by atoms with van der Waals surface area (Å²) in [5, 5.41) is 3.65. The van der Waals surface area contributed by atoms with Crippen molar-refractivity contribution in [2.75, 3.05) is 6.61 Å². The fourth-order valence-electron chi connectivity index (χ4n) is 4.57. The van der Waals surface area contributed by atoms with Crippen LogP contribution >= 0.6 is 34.5 Å². The minimum Gasteiger partial charge on any atom is -0.493 e. The highest BCUT2D eigenvalue weighted by Crippen LogP contribution is 2.44. The lowest BCUT2D eigenvalue weighted by Crippen LogP contribution is -2.32. The van der Waals surface area contributed by atoms with Crippen LogP contribution in [0.5, 0.6) is 5.75 Å². The van der Waals surface area contributed by atoms with Gasteiger partial charge in [-0.05, 0) is 41.8 Å². The Balaban J connectivity index is 1.68. The highest BCUT2D eigenvalue weighted by atomic mass is 35.5. The third kappa shape index (κ3) is 5.02. The van der Waals surface area contributed by atoms with Crippen molar-refractivity contribution < 1.29 is 22.7 Å². The van der Waals surface area contributed by atoms with Crippen LogP contribution in [0.15, 0.2) is 48.5 Å². The van der Waals surface area contributed by atoms with Crippen molar-refractivity contribution >= 4 is 50.7 Å². The zero-order valence-corrected chi connectivity index (χ0v) is 22.1. The molecule has 2 aromatic carbocycles. The summed E-state index contributed by atoms with van der Waals surface area (Å²) in [5.41, 5.74) is 1.12. The number of ether oxygens (including phenoxy) is 1. The van der Waals surface area contributed by atoms with Crippen LogP contribution in [0.1, 0.15) is 58.7 Å². The fraction of sp³-hybridized carbons (Fsp3) is 0.259. The molecule has 3 heterocycles. The molecule has 1 aliphatic heterocycles. The number of fused-ring (bicyclic) bond motifs is 2. The first kappa shape index (κ1) is 25.8. The Kier molecular flexibility index (Phi) is 6.85. The number of aromatic nitrogens is 1. The van der Waals surface area contributed by atoms with E-state index in [1.807, 2.05) is 38.1 Å². The third-order valence-corrected chi connectivity index (χ3v) is 7.85. The fourth-order valence-corrected chi connectivity index (χ4v) is 6.44. The molecule has 192 valence electrons. The predicted molar refractivity (Wildman–Crippen MR) is 141 cm³/mol. The smallest absolute Gasteiger partial charge is 0.433 e. The number of rotatable bonds is 4. The van der Waals surface area contributed by atoms with Gasteiger partial charge < -0.3 is 10.1 Å². The van der Waals surface area contributed by atoms with Crippen molar-refractivity contribution in [2.45, 2.75) is 38.4 Å². The van der Waals surface area contributed by atoms with Crippen molar-refractivity contribution in [1.29, 1.82) is 0 Å². The molecule has 2 aromatic heterocycles. The Hall–Kier alpha value is -2.81. The molecule has 37 heavy (non-hydrogen) atoms. The second-order valence-corrected chi connectivity index (χ2v) is 11.0. The van der Waals surface area contributed by atoms with E-state index >= 15 is 0 Å². The molecule has 0 saturated heterocycles. The monoisotopic (exact) mass is 564 g/mol. The maximum absolute atomic E-state index is 13.9. The SMILES string of the molecule is CC(C)c1c(C(=O)N[C@H]2CCOc3ccccc32)sc2c(-c3cc(Cl)cc(Cl)c3)cc(C(F)(F)F)nc12. The van der Waals surface area contributed by atoms with Gasteiger partial charge in [-0.15, -0.1) is 11.3 Å². The lowest BCUT2D eigenvalue weighted by molar-refractivity contribution is -0.140. The largest absolute Gasteiger partial charge is 0.493 e. The van der Waals surface area contributed by atoms with Gasteiger partial charge in [0, 0.05) is 33.2 Å². The highest BCUT2D eigenvalue weighted by molar-refractivity contribution is 7.21. The number of pyridine rings is 1. The molecule has 0 fully saturated rings. The quantitative estimate of drug-likeness (QED) is 0.270. The molecule has 5 rings (SSSR count). The van der Waals surface area contributed by atoms with Crippen LogP contribution in [0.3, 0.4) is 0 Å². The summed E-state index contributed by atoms with van der Waals surface area (Å²) in [6.45, 7) is 4.11. The van der Waals surface area contributed by atoms with Crippen LogP contribution in [0.25, 0.3) is 21.3 Å². The zero-order chi connectivity index (χ0) is 26.5. The van der Waals surface area contributed by atoms with Gasteiger partial charge in [0.25, 0.3) is 5.91 Å². The van der Waals surface area contributed by atoms with Crippen LogP contribution in [0.2, 0.25) is 10.0 Å². The first-order valence-electron chi connectivity index (χ1n) is 11.6. The third-order valence-electron chi connectivity index (χ3n) is 6.19. The minimum absolute atomic E-state index is 0.151. The Bertz CT molecular complexity index is 1500. The van der Waals surface area contributed by atoms with E-state index in [0.717, 1.165) is 23.0 Å². The number of hydrogen-bond acceptors (Lipinski definition) is 4. The van der Waals surface area contributed by atoms with Crippen LogP contribution < -0.4 is 10.1 Å².